The molecule has 36 heteroatoms. The molecule has 0 aromatic carbocycles. The lowest BCUT2D eigenvalue weighted by molar-refractivity contribution is -0.200. The summed E-state index contributed by atoms with van der Waals surface area (Å²) in [6.07, 6.45) is 5.90. The smallest absolute Gasteiger partial charge is 0.350 e. The van der Waals surface area contributed by atoms with Gasteiger partial charge in [0.05, 0.1) is 48.3 Å². The first-order chi connectivity index (χ1) is 62.2. The average molecular weight is 1880 g/mol. The molecule has 6 aliphatic heterocycles. The van der Waals surface area contributed by atoms with Gasteiger partial charge in [-0.3, -0.25) is 38.4 Å². The van der Waals surface area contributed by atoms with Gasteiger partial charge in [-0.1, -0.05) is 46.4 Å². The zero-order valence-corrected chi connectivity index (χ0v) is 79.3. The molecule has 732 valence electrons. The molecule has 18 aliphatic rings. The summed E-state index contributed by atoms with van der Waals surface area (Å²) >= 11 is 0. The number of carbonyl (C=O) groups is 18. The molecule has 0 spiro atoms. The molecule has 0 N–H and O–H groups in total. The molecular weight excluding hydrogens is 1750 g/mol. The number of fused-ring (bicyclic) bond motifs is 6. The first kappa shape index (κ1) is 100. The Morgan fingerprint density at radius 3 is 1.13 bits per heavy atom. The first-order valence-corrected chi connectivity index (χ1v) is 45.9. The van der Waals surface area contributed by atoms with E-state index in [1.165, 1.54) is 83.1 Å². The van der Waals surface area contributed by atoms with E-state index in [1.807, 2.05) is 27.7 Å². The van der Waals surface area contributed by atoms with E-state index in [2.05, 4.69) is 39.5 Å². The number of esters is 18. The second-order valence-electron chi connectivity index (χ2n) is 42.4. The summed E-state index contributed by atoms with van der Waals surface area (Å²) in [5.41, 5.74) is -6.84. The van der Waals surface area contributed by atoms with Crippen molar-refractivity contribution < 1.29 is 172 Å². The van der Waals surface area contributed by atoms with Gasteiger partial charge in [0.15, 0.2) is 0 Å². The first-order valence-electron chi connectivity index (χ1n) is 45.9. The van der Waals surface area contributed by atoms with Gasteiger partial charge >= 0.3 is 107 Å². The molecule has 12 aliphatic carbocycles. The second kappa shape index (κ2) is 36.5. The summed E-state index contributed by atoms with van der Waals surface area (Å²) in [5, 5.41) is 0. The summed E-state index contributed by atoms with van der Waals surface area (Å²) in [5.74, 6) is -6.56. The fraction of sp³-hybridized carbons (Fsp3) is 0.694. The Morgan fingerprint density at radius 2 is 0.701 bits per heavy atom. The van der Waals surface area contributed by atoms with E-state index in [1.54, 1.807) is 13.8 Å². The van der Waals surface area contributed by atoms with Crippen LogP contribution in [0.2, 0.25) is 0 Å². The average Bonchev–Trinajstić information content (AvgIpc) is 1.54. The summed E-state index contributed by atoms with van der Waals surface area (Å²) in [6.45, 7) is 49.3. The van der Waals surface area contributed by atoms with E-state index in [9.17, 15) is 86.3 Å². The van der Waals surface area contributed by atoms with Crippen molar-refractivity contribution in [3.05, 3.63) is 72.9 Å². The van der Waals surface area contributed by atoms with E-state index in [0.717, 1.165) is 51.4 Å². The van der Waals surface area contributed by atoms with Crippen LogP contribution in [0.1, 0.15) is 215 Å². The van der Waals surface area contributed by atoms with Crippen LogP contribution < -0.4 is 0 Å². The van der Waals surface area contributed by atoms with Crippen molar-refractivity contribution in [1.82, 2.24) is 0 Å². The lowest BCUT2D eigenvalue weighted by atomic mass is 9.79. The SMILES string of the molecule is C=C(C)C(=O)OC(C)(C)C(=O)OC1(C)C2CC3C(=O)OC1C3C2.C=C(C)C(=O)OC(C)(C)C(=O)OC1C2CC3C(=O)OC1(C)C3C2.C=C(C)C(=O)OC(C)(C)C(=O)OC1C2CC3C(=O)OC1C3C2.C=C(C)C(=O)OC(C)(C)C(=O)OC1C2OC(=O)C3CC1(C)CC32.C=C(C)C(=O)OCCC(=O)OC1(C)C2CC3C(=O)OC1C3C2.C=C(C)C(=O)OCCC(=O)OC1C2CC3C(=O)OC1C3C2. The van der Waals surface area contributed by atoms with Crippen LogP contribution in [0.4, 0.5) is 0 Å². The minimum absolute atomic E-state index is 0.00297. The van der Waals surface area contributed by atoms with Crippen molar-refractivity contribution in [2.75, 3.05) is 13.2 Å². The lowest BCUT2D eigenvalue weighted by Crippen LogP contribution is -2.52. The van der Waals surface area contributed by atoms with Gasteiger partial charge in [0.25, 0.3) is 0 Å². The summed E-state index contributed by atoms with van der Waals surface area (Å²) < 4.78 is 96.5. The van der Waals surface area contributed by atoms with E-state index in [-0.39, 0.29) is 226 Å². The Bertz CT molecular complexity index is 4960. The zero-order valence-electron chi connectivity index (χ0n) is 79.3. The van der Waals surface area contributed by atoms with Gasteiger partial charge in [-0.15, -0.1) is 0 Å². The molecule has 0 amide bonds. The fourth-order valence-corrected chi connectivity index (χ4v) is 23.6. The molecule has 6 heterocycles. The topological polar surface area (TPSA) is 473 Å². The van der Waals surface area contributed by atoms with Crippen molar-refractivity contribution in [2.45, 2.75) is 309 Å². The van der Waals surface area contributed by atoms with Gasteiger partial charge in [0.2, 0.25) is 22.4 Å². The van der Waals surface area contributed by atoms with Gasteiger partial charge in [0, 0.05) is 104 Å². The number of hydrogen-bond donors (Lipinski definition) is 0. The third-order valence-corrected chi connectivity index (χ3v) is 30.6. The molecule has 0 aromatic rings. The third kappa shape index (κ3) is 18.8. The Balaban J connectivity index is 0.000000136. The van der Waals surface area contributed by atoms with Crippen LogP contribution in [0, 0.1) is 106 Å². The molecule has 6 saturated heterocycles. The molecule has 134 heavy (non-hydrogen) atoms. The van der Waals surface area contributed by atoms with Crippen LogP contribution in [-0.2, 0) is 172 Å². The zero-order chi connectivity index (χ0) is 98.9. The number of carbonyl (C=O) groups excluding carboxylic acids is 18. The van der Waals surface area contributed by atoms with E-state index in [4.69, 9.17) is 85.3 Å². The molecule has 30 unspecified atom stereocenters. The number of ether oxygens (including phenoxy) is 18. The Hall–Kier alpha value is -11.1. The molecule has 18 rings (SSSR count). The second-order valence-corrected chi connectivity index (χ2v) is 42.4. The van der Waals surface area contributed by atoms with Crippen molar-refractivity contribution in [3.8, 4) is 0 Å². The molecular formula is C98H124O36. The summed E-state index contributed by atoms with van der Waals surface area (Å²) in [7, 11) is 0. The van der Waals surface area contributed by atoms with Gasteiger partial charge in [-0.05, 0) is 195 Å². The Morgan fingerprint density at radius 1 is 0.343 bits per heavy atom. The minimum Gasteiger partial charge on any atom is -0.462 e. The van der Waals surface area contributed by atoms with Crippen molar-refractivity contribution in [1.29, 1.82) is 0 Å². The van der Waals surface area contributed by atoms with Crippen LogP contribution in [0.3, 0.4) is 0 Å². The monoisotopic (exact) mass is 1880 g/mol. The predicted molar refractivity (Wildman–Crippen MR) is 456 cm³/mol. The van der Waals surface area contributed by atoms with Gasteiger partial charge in [-0.2, -0.15) is 0 Å². The van der Waals surface area contributed by atoms with Crippen molar-refractivity contribution in [2.24, 2.45) is 106 Å². The molecule has 18 fully saturated rings. The largest absolute Gasteiger partial charge is 0.462 e. The van der Waals surface area contributed by atoms with Crippen molar-refractivity contribution >= 4 is 107 Å². The highest BCUT2D eigenvalue weighted by Gasteiger charge is 2.75. The standard InChI is InChI=1S/3C17H22O6.2C16H20O6.C15H18O6/c1-8(2)13(18)23-16(3,4)15(20)22-12-11-9-6-17(12,5)7-10(9)14(19)21-11;1-8(2)13(18)22-16(3,4)15(20)23-17(5)9-6-10-11(7-9)14(19)21-12(10)17;1-8(2)13(18)22-16(3,4)15(20)21-12-9-6-10-11(7-9)17(12,5)23-14(10)19;1-7(2)13(17)22-16(3,4)15(19)21-11-8-5-9-10(6-8)14(18)20-12(9)11;1-8(2)14(18)20-5-4-12(17)22-16(3)9-6-10-11(7-9)15(19)21-13(10)16;1-7(2)14(17)19-4-3-11(16)20-12-8-5-9-10(6-8)15(18)21-13(9)12/h3*9-12H,1,6-7H2,2-5H3;8-12H,1,5-6H2,2-4H3;9-11,13H,1,4-7H2,2-3H3;8-10,12-13H,1,3-6H2,2H3. The molecule has 36 nitrogen and oxygen atoms in total. The van der Waals surface area contributed by atoms with Gasteiger partial charge < -0.3 is 85.3 Å². The number of hydrogen-bond acceptors (Lipinski definition) is 36. The highest BCUT2D eigenvalue weighted by atomic mass is 16.7. The van der Waals surface area contributed by atoms with Crippen molar-refractivity contribution in [3.63, 3.8) is 0 Å². The van der Waals surface area contributed by atoms with Crippen LogP contribution >= 0.6 is 0 Å². The highest BCUT2D eigenvalue weighted by molar-refractivity contribution is 5.94. The molecule has 30 atom stereocenters. The van der Waals surface area contributed by atoms with E-state index < -0.39 is 135 Å². The quantitative estimate of drug-likeness (QED) is 0.0442. The molecule has 12 bridgehead atoms. The van der Waals surface area contributed by atoms with Crippen LogP contribution in [0.15, 0.2) is 72.9 Å². The Labute approximate surface area is 776 Å². The maximum Gasteiger partial charge on any atom is 0.350 e. The van der Waals surface area contributed by atoms with E-state index in [0.29, 0.717) is 31.3 Å². The van der Waals surface area contributed by atoms with Gasteiger partial charge in [0.1, 0.15) is 85.0 Å². The minimum atomic E-state index is -1.43. The summed E-state index contributed by atoms with van der Waals surface area (Å²) in [6, 6.07) is 0. The molecule has 12 saturated carbocycles. The van der Waals surface area contributed by atoms with Crippen LogP contribution in [-0.4, -0.2) is 215 Å². The maximum atomic E-state index is 12.5. The predicted octanol–water partition coefficient (Wildman–Crippen LogP) is 9.05. The fourth-order valence-electron chi connectivity index (χ4n) is 23.6. The highest BCUT2D eigenvalue weighted by Crippen LogP contribution is 2.66. The summed E-state index contributed by atoms with van der Waals surface area (Å²) in [4.78, 5) is 213. The Kier molecular flexibility index (Phi) is 27.3. The molecule has 0 radical (unpaired) electrons. The number of rotatable bonds is 26. The van der Waals surface area contributed by atoms with Crippen LogP contribution in [0.5, 0.6) is 0 Å². The maximum absolute atomic E-state index is 12.5. The normalized spacial score (nSPS) is 36.9. The van der Waals surface area contributed by atoms with E-state index >= 15 is 0 Å². The third-order valence-electron chi connectivity index (χ3n) is 30.6. The van der Waals surface area contributed by atoms with Gasteiger partial charge in [-0.25, -0.2) is 47.9 Å². The lowest BCUT2D eigenvalue weighted by Gasteiger charge is -2.38. The van der Waals surface area contributed by atoms with Crippen LogP contribution in [0.25, 0.3) is 0 Å². The molecule has 0 aromatic heterocycles.